The summed E-state index contributed by atoms with van der Waals surface area (Å²) < 4.78 is 5.04. The minimum absolute atomic E-state index is 0.311. The summed E-state index contributed by atoms with van der Waals surface area (Å²) in [5, 5.41) is 28.2. The summed E-state index contributed by atoms with van der Waals surface area (Å²) >= 11 is 0. The molecule has 0 saturated heterocycles. The second-order valence-corrected chi connectivity index (χ2v) is 4.57. The Kier molecular flexibility index (Phi) is 5.79. The first-order chi connectivity index (χ1) is 8.95. The minimum atomic E-state index is -1.25. The lowest BCUT2D eigenvalue weighted by atomic mass is 9.95. The summed E-state index contributed by atoms with van der Waals surface area (Å²) in [6, 6.07) is 7.38. The number of aryl methyl sites for hydroxylation is 1. The fourth-order valence-corrected chi connectivity index (χ4v) is 1.76. The van der Waals surface area contributed by atoms with Crippen molar-refractivity contribution < 1.29 is 24.9 Å². The number of hydrogen-bond donors (Lipinski definition) is 3. The van der Waals surface area contributed by atoms with Crippen LogP contribution in [-0.4, -0.2) is 40.6 Å². The summed E-state index contributed by atoms with van der Waals surface area (Å²) in [7, 11) is 1.59. The second kappa shape index (κ2) is 7.11. The summed E-state index contributed by atoms with van der Waals surface area (Å²) in [5.74, 6) is -1.34. The maximum Gasteiger partial charge on any atom is 0.308 e. The van der Waals surface area contributed by atoms with Gasteiger partial charge in [-0.15, -0.1) is 0 Å². The third kappa shape index (κ3) is 4.54. The first-order valence-corrected chi connectivity index (χ1v) is 6.17. The van der Waals surface area contributed by atoms with Crippen LogP contribution < -0.4 is 4.74 Å². The lowest BCUT2D eigenvalue weighted by molar-refractivity contribution is -0.148. The molecule has 0 fully saturated rings. The van der Waals surface area contributed by atoms with Gasteiger partial charge in [0.25, 0.3) is 0 Å². The molecule has 19 heavy (non-hydrogen) atoms. The monoisotopic (exact) mass is 268 g/mol. The van der Waals surface area contributed by atoms with Gasteiger partial charge in [-0.25, -0.2) is 0 Å². The molecule has 3 N–H and O–H groups in total. The number of methoxy groups -OCH3 is 1. The normalized spacial score (nSPS) is 15.6. The van der Waals surface area contributed by atoms with Crippen LogP contribution in [-0.2, 0) is 11.2 Å². The van der Waals surface area contributed by atoms with Crippen molar-refractivity contribution in [3.8, 4) is 5.75 Å². The zero-order valence-corrected chi connectivity index (χ0v) is 11.1. The van der Waals surface area contributed by atoms with Crippen molar-refractivity contribution >= 4 is 5.97 Å². The van der Waals surface area contributed by atoms with Gasteiger partial charge in [0.1, 0.15) is 5.75 Å². The van der Waals surface area contributed by atoms with Crippen LogP contribution in [0.4, 0.5) is 0 Å². The SMILES string of the molecule is COc1ccc(CC[C@H](O)[C@@H](O)C(C)C(=O)O)cc1. The number of benzene rings is 1. The van der Waals surface area contributed by atoms with Gasteiger partial charge in [0.05, 0.1) is 25.2 Å². The highest BCUT2D eigenvalue weighted by molar-refractivity contribution is 5.70. The lowest BCUT2D eigenvalue weighted by Crippen LogP contribution is -2.36. The van der Waals surface area contributed by atoms with Gasteiger partial charge in [0.2, 0.25) is 0 Å². The third-order valence-electron chi connectivity index (χ3n) is 3.18. The maximum atomic E-state index is 10.7. The molecule has 0 aliphatic rings. The van der Waals surface area contributed by atoms with Gasteiger partial charge < -0.3 is 20.1 Å². The smallest absolute Gasteiger partial charge is 0.308 e. The van der Waals surface area contributed by atoms with E-state index in [1.54, 1.807) is 7.11 Å². The second-order valence-electron chi connectivity index (χ2n) is 4.57. The molecule has 5 nitrogen and oxygen atoms in total. The average molecular weight is 268 g/mol. The van der Waals surface area contributed by atoms with Gasteiger partial charge in [0.15, 0.2) is 0 Å². The van der Waals surface area contributed by atoms with Crippen molar-refractivity contribution in [3.05, 3.63) is 29.8 Å². The van der Waals surface area contributed by atoms with Gasteiger partial charge in [0, 0.05) is 0 Å². The maximum absolute atomic E-state index is 10.7. The predicted octanol–water partition coefficient (Wildman–Crippen LogP) is 1.07. The number of aliphatic carboxylic acids is 1. The van der Waals surface area contributed by atoms with Crippen molar-refractivity contribution in [3.63, 3.8) is 0 Å². The van der Waals surface area contributed by atoms with Gasteiger partial charge in [-0.2, -0.15) is 0 Å². The molecule has 0 amide bonds. The Labute approximate surface area is 112 Å². The molecule has 1 aromatic rings. The van der Waals surface area contributed by atoms with Crippen LogP contribution >= 0.6 is 0 Å². The molecule has 0 heterocycles. The zero-order chi connectivity index (χ0) is 14.4. The van der Waals surface area contributed by atoms with Crippen molar-refractivity contribution in [2.75, 3.05) is 7.11 Å². The third-order valence-corrected chi connectivity index (χ3v) is 3.18. The van der Waals surface area contributed by atoms with E-state index in [0.717, 1.165) is 11.3 Å². The van der Waals surface area contributed by atoms with E-state index in [2.05, 4.69) is 0 Å². The number of ether oxygens (including phenoxy) is 1. The summed E-state index contributed by atoms with van der Waals surface area (Å²) in [5.41, 5.74) is 0.995. The molecule has 0 spiro atoms. The van der Waals surface area contributed by atoms with E-state index >= 15 is 0 Å². The molecule has 0 aliphatic heterocycles. The van der Waals surface area contributed by atoms with Crippen LogP contribution in [0.5, 0.6) is 5.75 Å². The van der Waals surface area contributed by atoms with Crippen LogP contribution in [0.25, 0.3) is 0 Å². The van der Waals surface area contributed by atoms with E-state index in [1.807, 2.05) is 24.3 Å². The average Bonchev–Trinajstić information content (AvgIpc) is 2.43. The molecule has 1 rings (SSSR count). The molecule has 0 bridgehead atoms. The van der Waals surface area contributed by atoms with Crippen molar-refractivity contribution in [2.45, 2.75) is 32.0 Å². The van der Waals surface area contributed by atoms with Crippen molar-refractivity contribution in [2.24, 2.45) is 5.92 Å². The number of aliphatic hydroxyl groups is 2. The Morgan fingerprint density at radius 1 is 1.26 bits per heavy atom. The van der Waals surface area contributed by atoms with E-state index in [9.17, 15) is 15.0 Å². The molecule has 0 radical (unpaired) electrons. The summed E-state index contributed by atoms with van der Waals surface area (Å²) in [6.07, 6.45) is -1.43. The number of carbonyl (C=O) groups is 1. The van der Waals surface area contributed by atoms with E-state index in [1.165, 1.54) is 6.92 Å². The highest BCUT2D eigenvalue weighted by Gasteiger charge is 2.27. The Morgan fingerprint density at radius 2 is 1.84 bits per heavy atom. The van der Waals surface area contributed by atoms with Gasteiger partial charge in [-0.1, -0.05) is 12.1 Å². The Bertz CT molecular complexity index is 401. The standard InChI is InChI=1S/C14H20O5/c1-9(14(17)18)13(16)12(15)8-5-10-3-6-11(19-2)7-4-10/h3-4,6-7,9,12-13,15-16H,5,8H2,1-2H3,(H,17,18)/t9?,12-,13-/m0/s1. The van der Waals surface area contributed by atoms with Crippen LogP contribution in [0.15, 0.2) is 24.3 Å². The van der Waals surface area contributed by atoms with E-state index in [4.69, 9.17) is 9.84 Å². The van der Waals surface area contributed by atoms with Gasteiger partial charge in [-0.3, -0.25) is 4.79 Å². The van der Waals surface area contributed by atoms with E-state index in [-0.39, 0.29) is 0 Å². The van der Waals surface area contributed by atoms with Crippen LogP contribution in [0, 0.1) is 5.92 Å². The molecule has 106 valence electrons. The molecule has 1 unspecified atom stereocenters. The number of aliphatic hydroxyl groups excluding tert-OH is 2. The highest BCUT2D eigenvalue weighted by atomic mass is 16.5. The lowest BCUT2D eigenvalue weighted by Gasteiger charge is -2.21. The first-order valence-electron chi connectivity index (χ1n) is 6.17. The topological polar surface area (TPSA) is 87.0 Å². The molecule has 0 aromatic heterocycles. The number of hydrogen-bond acceptors (Lipinski definition) is 4. The molecule has 5 heteroatoms. The largest absolute Gasteiger partial charge is 0.497 e. The summed E-state index contributed by atoms with van der Waals surface area (Å²) in [4.78, 5) is 10.7. The molecule has 1 aromatic carbocycles. The minimum Gasteiger partial charge on any atom is -0.497 e. The highest BCUT2D eigenvalue weighted by Crippen LogP contribution is 2.16. The summed E-state index contributed by atoms with van der Waals surface area (Å²) in [6.45, 7) is 1.38. The molecular formula is C14H20O5. The van der Waals surface area contributed by atoms with Crippen LogP contribution in [0.3, 0.4) is 0 Å². The van der Waals surface area contributed by atoms with E-state index in [0.29, 0.717) is 12.8 Å². The van der Waals surface area contributed by atoms with Gasteiger partial charge in [-0.05, 0) is 37.5 Å². The molecule has 0 saturated carbocycles. The Hall–Kier alpha value is -1.59. The number of rotatable bonds is 7. The Balaban J connectivity index is 2.48. The number of carboxylic acid groups (broad SMARTS) is 1. The first kappa shape index (κ1) is 15.5. The quantitative estimate of drug-likeness (QED) is 0.688. The zero-order valence-electron chi connectivity index (χ0n) is 11.1. The fourth-order valence-electron chi connectivity index (χ4n) is 1.76. The Morgan fingerprint density at radius 3 is 2.32 bits per heavy atom. The number of carboxylic acids is 1. The van der Waals surface area contributed by atoms with Crippen LogP contribution in [0.1, 0.15) is 18.9 Å². The molecule has 3 atom stereocenters. The van der Waals surface area contributed by atoms with Gasteiger partial charge >= 0.3 is 5.97 Å². The molecule has 0 aliphatic carbocycles. The molecular weight excluding hydrogens is 248 g/mol. The van der Waals surface area contributed by atoms with E-state index < -0.39 is 24.1 Å². The van der Waals surface area contributed by atoms with Crippen molar-refractivity contribution in [1.82, 2.24) is 0 Å². The van der Waals surface area contributed by atoms with Crippen molar-refractivity contribution in [1.29, 1.82) is 0 Å². The predicted molar refractivity (Wildman–Crippen MR) is 70.1 cm³/mol. The van der Waals surface area contributed by atoms with Crippen LogP contribution in [0.2, 0.25) is 0 Å². The fraction of sp³-hybridized carbons (Fsp3) is 0.500.